The second-order valence-corrected chi connectivity index (χ2v) is 6.61. The Labute approximate surface area is 152 Å². The van der Waals surface area contributed by atoms with E-state index >= 15 is 0 Å². The van der Waals surface area contributed by atoms with Crippen molar-refractivity contribution < 1.29 is 19.1 Å². The van der Waals surface area contributed by atoms with Crippen LogP contribution in [0.15, 0.2) is 18.2 Å². The predicted octanol–water partition coefficient (Wildman–Crippen LogP) is 2.78. The maximum atomic E-state index is 12.7. The molecule has 140 valence electrons. The van der Waals surface area contributed by atoms with Gasteiger partial charge in [-0.05, 0) is 38.4 Å². The SMILES string of the molecule is COC(=O)c1[nH]c2cccc(OC)c2c1NC(=O)CN1CCCC[C@@H]1C. The molecule has 0 saturated carbocycles. The third kappa shape index (κ3) is 3.53. The first-order chi connectivity index (χ1) is 12.5. The summed E-state index contributed by atoms with van der Waals surface area (Å²) in [4.78, 5) is 30.0. The molecule has 1 aliphatic rings. The van der Waals surface area contributed by atoms with Crippen molar-refractivity contribution >= 4 is 28.5 Å². The zero-order valence-electron chi connectivity index (χ0n) is 15.4. The molecule has 2 heterocycles. The van der Waals surface area contributed by atoms with Gasteiger partial charge in [0, 0.05) is 6.04 Å². The number of carbonyl (C=O) groups is 2. The molecule has 7 heteroatoms. The number of hydrogen-bond acceptors (Lipinski definition) is 5. The summed E-state index contributed by atoms with van der Waals surface area (Å²) in [6.45, 7) is 3.35. The normalized spacial score (nSPS) is 17.9. The fraction of sp³-hybridized carbons (Fsp3) is 0.474. The van der Waals surface area contributed by atoms with Crippen molar-refractivity contribution in [3.05, 3.63) is 23.9 Å². The number of likely N-dealkylation sites (tertiary alicyclic amines) is 1. The predicted molar refractivity (Wildman–Crippen MR) is 99.7 cm³/mol. The van der Waals surface area contributed by atoms with Gasteiger partial charge in [0.2, 0.25) is 5.91 Å². The lowest BCUT2D eigenvalue weighted by Gasteiger charge is -2.32. The number of amides is 1. The van der Waals surface area contributed by atoms with Gasteiger partial charge in [0.25, 0.3) is 0 Å². The van der Waals surface area contributed by atoms with Crippen molar-refractivity contribution in [2.24, 2.45) is 0 Å². The number of methoxy groups -OCH3 is 2. The molecule has 1 aromatic heterocycles. The highest BCUT2D eigenvalue weighted by Gasteiger charge is 2.25. The van der Waals surface area contributed by atoms with Gasteiger partial charge in [0.15, 0.2) is 0 Å². The smallest absolute Gasteiger partial charge is 0.356 e. The number of rotatable bonds is 5. The van der Waals surface area contributed by atoms with E-state index in [2.05, 4.69) is 22.1 Å². The summed E-state index contributed by atoms with van der Waals surface area (Å²) in [5.41, 5.74) is 1.32. The summed E-state index contributed by atoms with van der Waals surface area (Å²) in [6, 6.07) is 5.82. The molecule has 1 saturated heterocycles. The molecule has 26 heavy (non-hydrogen) atoms. The van der Waals surface area contributed by atoms with E-state index < -0.39 is 5.97 Å². The van der Waals surface area contributed by atoms with E-state index in [-0.39, 0.29) is 11.6 Å². The number of aromatic amines is 1. The largest absolute Gasteiger partial charge is 0.496 e. The molecule has 0 bridgehead atoms. The third-order valence-corrected chi connectivity index (χ3v) is 4.95. The summed E-state index contributed by atoms with van der Waals surface area (Å²) in [5.74, 6) is -0.115. The first kappa shape index (κ1) is 18.3. The van der Waals surface area contributed by atoms with Gasteiger partial charge in [-0.25, -0.2) is 4.79 Å². The van der Waals surface area contributed by atoms with Crippen molar-refractivity contribution in [1.82, 2.24) is 9.88 Å². The van der Waals surface area contributed by atoms with Crippen LogP contribution in [-0.2, 0) is 9.53 Å². The number of benzene rings is 1. The Balaban J connectivity index is 1.92. The molecule has 2 N–H and O–H groups in total. The average Bonchev–Trinajstić information content (AvgIpc) is 3.01. The maximum Gasteiger partial charge on any atom is 0.356 e. The molecular weight excluding hydrogens is 334 g/mol. The number of piperidine rings is 1. The quantitative estimate of drug-likeness (QED) is 0.802. The Morgan fingerprint density at radius 3 is 2.81 bits per heavy atom. The fourth-order valence-electron chi connectivity index (χ4n) is 3.52. The lowest BCUT2D eigenvalue weighted by atomic mass is 10.0. The molecule has 7 nitrogen and oxygen atoms in total. The summed E-state index contributed by atoms with van der Waals surface area (Å²) in [5, 5.41) is 3.56. The van der Waals surface area contributed by atoms with Crippen molar-refractivity contribution in [3.8, 4) is 5.75 Å². The number of nitrogens with one attached hydrogen (secondary N) is 2. The molecular formula is C19H25N3O4. The minimum absolute atomic E-state index is 0.157. The van der Waals surface area contributed by atoms with Crippen LogP contribution in [0.1, 0.15) is 36.7 Å². The van der Waals surface area contributed by atoms with Crippen LogP contribution in [0.2, 0.25) is 0 Å². The zero-order chi connectivity index (χ0) is 18.7. The van der Waals surface area contributed by atoms with Crippen LogP contribution in [0.5, 0.6) is 5.75 Å². The molecule has 2 aromatic rings. The van der Waals surface area contributed by atoms with Gasteiger partial charge in [0.05, 0.1) is 37.4 Å². The molecule has 0 unspecified atom stereocenters. The summed E-state index contributed by atoms with van der Waals surface area (Å²) < 4.78 is 10.3. The molecule has 1 amide bonds. The number of H-pyrrole nitrogens is 1. The molecule has 1 aliphatic heterocycles. The number of anilines is 1. The van der Waals surface area contributed by atoms with E-state index in [4.69, 9.17) is 9.47 Å². The molecule has 0 spiro atoms. The van der Waals surface area contributed by atoms with Crippen molar-refractivity contribution in [1.29, 1.82) is 0 Å². The van der Waals surface area contributed by atoms with Gasteiger partial charge < -0.3 is 19.8 Å². The van der Waals surface area contributed by atoms with Crippen molar-refractivity contribution in [3.63, 3.8) is 0 Å². The lowest BCUT2D eigenvalue weighted by Crippen LogP contribution is -2.42. The summed E-state index contributed by atoms with van der Waals surface area (Å²) in [7, 11) is 2.87. The van der Waals surface area contributed by atoms with Crippen molar-refractivity contribution in [2.75, 3.05) is 32.6 Å². The van der Waals surface area contributed by atoms with Gasteiger partial charge in [-0.15, -0.1) is 0 Å². The van der Waals surface area contributed by atoms with E-state index in [0.29, 0.717) is 34.9 Å². The number of hydrogen-bond donors (Lipinski definition) is 2. The maximum absolute atomic E-state index is 12.7. The van der Waals surface area contributed by atoms with Crippen LogP contribution in [0.4, 0.5) is 5.69 Å². The highest BCUT2D eigenvalue weighted by molar-refractivity contribution is 6.13. The highest BCUT2D eigenvalue weighted by atomic mass is 16.5. The van der Waals surface area contributed by atoms with Crippen molar-refractivity contribution in [2.45, 2.75) is 32.2 Å². The van der Waals surface area contributed by atoms with E-state index in [1.807, 2.05) is 12.1 Å². The molecule has 1 aromatic carbocycles. The van der Waals surface area contributed by atoms with E-state index in [0.717, 1.165) is 19.4 Å². The van der Waals surface area contributed by atoms with E-state index in [1.54, 1.807) is 13.2 Å². The Hall–Kier alpha value is -2.54. The standard InChI is InChI=1S/C19H25N3O4/c1-12-7-4-5-10-22(12)11-15(23)21-17-16-13(8-6-9-14(16)25-2)20-18(17)19(24)26-3/h6,8-9,12,20H,4-5,7,10-11H2,1-3H3,(H,21,23)/t12-/m0/s1. The first-order valence-electron chi connectivity index (χ1n) is 8.86. The number of nitrogens with zero attached hydrogens (tertiary/aromatic N) is 1. The van der Waals surface area contributed by atoms with Crippen LogP contribution >= 0.6 is 0 Å². The third-order valence-electron chi connectivity index (χ3n) is 4.95. The van der Waals surface area contributed by atoms with Crippen LogP contribution in [0.25, 0.3) is 10.9 Å². The number of esters is 1. The number of ether oxygens (including phenoxy) is 2. The second kappa shape index (κ2) is 7.78. The first-order valence-corrected chi connectivity index (χ1v) is 8.86. The number of fused-ring (bicyclic) bond motifs is 1. The van der Waals surface area contributed by atoms with Gasteiger partial charge >= 0.3 is 5.97 Å². The molecule has 3 rings (SSSR count). The summed E-state index contributed by atoms with van der Waals surface area (Å²) >= 11 is 0. The van der Waals surface area contributed by atoms with E-state index in [1.165, 1.54) is 13.5 Å². The Bertz CT molecular complexity index is 814. The van der Waals surface area contributed by atoms with Gasteiger partial charge in [-0.1, -0.05) is 12.5 Å². The van der Waals surface area contributed by atoms with E-state index in [9.17, 15) is 9.59 Å². The number of carbonyl (C=O) groups excluding carboxylic acids is 2. The van der Waals surface area contributed by atoms with Crippen LogP contribution in [0, 0.1) is 0 Å². The Morgan fingerprint density at radius 1 is 1.31 bits per heavy atom. The lowest BCUT2D eigenvalue weighted by molar-refractivity contribution is -0.118. The monoisotopic (exact) mass is 359 g/mol. The summed E-state index contributed by atoms with van der Waals surface area (Å²) in [6.07, 6.45) is 3.40. The topological polar surface area (TPSA) is 83.7 Å². The fourth-order valence-corrected chi connectivity index (χ4v) is 3.52. The van der Waals surface area contributed by atoms with Crippen LogP contribution in [0.3, 0.4) is 0 Å². The highest BCUT2D eigenvalue weighted by Crippen LogP contribution is 2.35. The minimum atomic E-state index is -0.537. The molecule has 1 fully saturated rings. The molecule has 1 atom stereocenters. The van der Waals surface area contributed by atoms with Gasteiger partial charge in [-0.2, -0.15) is 0 Å². The second-order valence-electron chi connectivity index (χ2n) is 6.61. The Kier molecular flexibility index (Phi) is 5.46. The minimum Gasteiger partial charge on any atom is -0.496 e. The van der Waals surface area contributed by atoms with Gasteiger partial charge in [-0.3, -0.25) is 9.69 Å². The Morgan fingerprint density at radius 2 is 2.12 bits per heavy atom. The van der Waals surface area contributed by atoms with Crippen LogP contribution in [-0.4, -0.2) is 55.1 Å². The molecule has 0 aliphatic carbocycles. The van der Waals surface area contributed by atoms with Crippen LogP contribution < -0.4 is 10.1 Å². The average molecular weight is 359 g/mol. The number of aromatic nitrogens is 1. The zero-order valence-corrected chi connectivity index (χ0v) is 15.4. The molecule has 0 radical (unpaired) electrons. The van der Waals surface area contributed by atoms with Gasteiger partial charge in [0.1, 0.15) is 11.4 Å².